The molecule has 4 bridgehead atoms. The molecule has 6 nitrogen and oxygen atoms in total. The van der Waals surface area contributed by atoms with Gasteiger partial charge >= 0.3 is 11.9 Å². The van der Waals surface area contributed by atoms with Crippen molar-refractivity contribution in [1.82, 2.24) is 5.32 Å². The third-order valence-corrected chi connectivity index (χ3v) is 5.93. The van der Waals surface area contributed by atoms with Crippen molar-refractivity contribution in [3.8, 4) is 0 Å². The zero-order chi connectivity index (χ0) is 18.1. The maximum absolute atomic E-state index is 11.0. The van der Waals surface area contributed by atoms with Gasteiger partial charge in [-0.2, -0.15) is 0 Å². The highest BCUT2D eigenvalue weighted by atomic mass is 16.4. The Hall–Kier alpha value is -1.14. The Kier molecular flexibility index (Phi) is 5.91. The van der Waals surface area contributed by atoms with Crippen LogP contribution in [0.5, 0.6) is 0 Å². The normalized spacial score (nSPS) is 36.0. The van der Waals surface area contributed by atoms with Crippen LogP contribution in [0.25, 0.3) is 0 Å². The average Bonchev–Trinajstić information content (AvgIpc) is 2.44. The zero-order valence-electron chi connectivity index (χ0n) is 15.0. The van der Waals surface area contributed by atoms with Crippen LogP contribution in [0, 0.1) is 23.7 Å². The van der Waals surface area contributed by atoms with Gasteiger partial charge in [-0.1, -0.05) is 13.8 Å². The lowest BCUT2D eigenvalue weighted by Crippen LogP contribution is -2.61. The lowest BCUT2D eigenvalue weighted by atomic mass is 9.53. The summed E-state index contributed by atoms with van der Waals surface area (Å²) in [6, 6.07) is -1.11. The second-order valence-corrected chi connectivity index (χ2v) is 8.51. The topological polar surface area (TPSA) is 113 Å². The number of nitrogens with two attached hydrogens (primary N) is 1. The summed E-state index contributed by atoms with van der Waals surface area (Å²) in [7, 11) is 0. The first kappa shape index (κ1) is 19.2. The van der Waals surface area contributed by atoms with E-state index < -0.39 is 24.0 Å². The molecule has 0 aromatic rings. The van der Waals surface area contributed by atoms with Gasteiger partial charge in [0.15, 0.2) is 0 Å². The maximum Gasteiger partial charge on any atom is 0.320 e. The van der Waals surface area contributed by atoms with Crippen LogP contribution in [0.15, 0.2) is 0 Å². The summed E-state index contributed by atoms with van der Waals surface area (Å²) in [6.07, 6.45) is 7.87. The molecule has 4 fully saturated rings. The van der Waals surface area contributed by atoms with E-state index in [1.165, 1.54) is 38.5 Å². The van der Waals surface area contributed by atoms with Crippen molar-refractivity contribution in [3.63, 3.8) is 0 Å². The molecule has 2 atom stereocenters. The van der Waals surface area contributed by atoms with Gasteiger partial charge in [-0.3, -0.25) is 14.9 Å². The quantitative estimate of drug-likeness (QED) is 0.609. The van der Waals surface area contributed by atoms with E-state index in [2.05, 4.69) is 5.32 Å². The zero-order valence-corrected chi connectivity index (χ0v) is 15.0. The van der Waals surface area contributed by atoms with Crippen LogP contribution >= 0.6 is 0 Å². The summed E-state index contributed by atoms with van der Waals surface area (Å²) >= 11 is 0. The Bertz CT molecular complexity index is 442. The first-order valence-corrected chi connectivity index (χ1v) is 9.11. The Morgan fingerprint density at radius 3 is 1.62 bits per heavy atom. The van der Waals surface area contributed by atoms with E-state index in [-0.39, 0.29) is 11.5 Å². The predicted octanol–water partition coefficient (Wildman–Crippen LogP) is 2.07. The molecule has 0 aromatic carbocycles. The molecule has 0 amide bonds. The van der Waals surface area contributed by atoms with Gasteiger partial charge in [-0.15, -0.1) is 0 Å². The van der Waals surface area contributed by atoms with E-state index >= 15 is 0 Å². The first-order valence-electron chi connectivity index (χ1n) is 9.11. The molecule has 0 aliphatic heterocycles. The summed E-state index contributed by atoms with van der Waals surface area (Å²) in [5.74, 6) is 1.00. The minimum Gasteiger partial charge on any atom is -0.480 e. The van der Waals surface area contributed by atoms with Gasteiger partial charge in [0.2, 0.25) is 0 Å². The molecule has 0 radical (unpaired) electrons. The minimum atomic E-state index is -0.931. The summed E-state index contributed by atoms with van der Waals surface area (Å²) in [5, 5.41) is 20.7. The fourth-order valence-corrected chi connectivity index (χ4v) is 5.09. The van der Waals surface area contributed by atoms with Gasteiger partial charge in [0.25, 0.3) is 0 Å². The number of nitrogens with one attached hydrogen (secondary N) is 1. The van der Waals surface area contributed by atoms with Crippen molar-refractivity contribution in [1.29, 1.82) is 0 Å². The highest BCUT2D eigenvalue weighted by Crippen LogP contribution is 2.55. The van der Waals surface area contributed by atoms with Gasteiger partial charge in [0, 0.05) is 5.54 Å². The molecule has 4 aliphatic carbocycles. The Labute approximate surface area is 144 Å². The molecule has 0 unspecified atom stereocenters. The minimum absolute atomic E-state index is 0.0208. The number of hydrogen-bond donors (Lipinski definition) is 4. The van der Waals surface area contributed by atoms with Crippen molar-refractivity contribution in [2.45, 2.75) is 76.9 Å². The molecular weight excluding hydrogens is 308 g/mol. The fraction of sp³-hybridized carbons (Fsp3) is 0.889. The molecule has 4 aliphatic rings. The number of carboxylic acids is 2. The molecule has 24 heavy (non-hydrogen) atoms. The van der Waals surface area contributed by atoms with Crippen molar-refractivity contribution >= 4 is 11.9 Å². The van der Waals surface area contributed by atoms with Crippen molar-refractivity contribution in [2.24, 2.45) is 29.4 Å². The Morgan fingerprint density at radius 2 is 1.38 bits per heavy atom. The molecule has 0 saturated heterocycles. The van der Waals surface area contributed by atoms with E-state index in [0.717, 1.165) is 17.8 Å². The molecule has 6 heteroatoms. The Balaban J connectivity index is 0.000000224. The standard InChI is InChI=1S/C13H21NO2.C5H11NO2/c1-8(12(15)16)14-13-5-9-2-10(6-13)4-11(3-9)7-13;1-3(2)4(6)5(7)8/h8-11,14H,2-7H2,1H3,(H,15,16);3-4H,6H2,1-2H3,(H,7,8)/t8-,9?,10?,11?,13?;4-/m00/s1. The van der Waals surface area contributed by atoms with Crippen molar-refractivity contribution < 1.29 is 19.8 Å². The second-order valence-electron chi connectivity index (χ2n) is 8.51. The summed E-state index contributed by atoms with van der Waals surface area (Å²) in [6.45, 7) is 5.33. The molecule has 0 aromatic heterocycles. The number of carboxylic acid groups (broad SMARTS) is 2. The maximum atomic E-state index is 11.0. The highest BCUT2D eigenvalue weighted by molar-refractivity contribution is 5.73. The monoisotopic (exact) mass is 340 g/mol. The van der Waals surface area contributed by atoms with E-state index in [1.54, 1.807) is 20.8 Å². The number of carbonyl (C=O) groups is 2. The lowest BCUT2D eigenvalue weighted by Gasteiger charge is -2.57. The highest BCUT2D eigenvalue weighted by Gasteiger charge is 2.51. The van der Waals surface area contributed by atoms with E-state index in [1.807, 2.05) is 0 Å². The Morgan fingerprint density at radius 1 is 0.958 bits per heavy atom. The van der Waals surface area contributed by atoms with Crippen LogP contribution in [0.3, 0.4) is 0 Å². The van der Waals surface area contributed by atoms with Crippen LogP contribution in [0.1, 0.15) is 59.3 Å². The van der Waals surface area contributed by atoms with Gasteiger partial charge in [-0.05, 0) is 69.1 Å². The lowest BCUT2D eigenvalue weighted by molar-refractivity contribution is -0.141. The molecule has 138 valence electrons. The first-order chi connectivity index (χ1) is 11.1. The molecule has 4 rings (SSSR count). The third kappa shape index (κ3) is 4.48. The van der Waals surface area contributed by atoms with Crippen LogP contribution in [-0.4, -0.2) is 39.8 Å². The van der Waals surface area contributed by atoms with Crippen molar-refractivity contribution in [2.75, 3.05) is 0 Å². The summed E-state index contributed by atoms with van der Waals surface area (Å²) in [4.78, 5) is 21.0. The molecular formula is C18H32N2O4. The average molecular weight is 340 g/mol. The van der Waals surface area contributed by atoms with Gasteiger partial charge in [0.1, 0.15) is 12.1 Å². The molecule has 0 heterocycles. The fourth-order valence-electron chi connectivity index (χ4n) is 5.09. The summed E-state index contributed by atoms with van der Waals surface area (Å²) in [5.41, 5.74) is 5.33. The molecule has 0 spiro atoms. The SMILES string of the molecule is CC(C)[C@H](N)C(=O)O.C[C@H](NC12CC3CC(CC(C3)C1)C2)C(=O)O. The van der Waals surface area contributed by atoms with Crippen LogP contribution < -0.4 is 11.1 Å². The second kappa shape index (κ2) is 7.40. The van der Waals surface area contributed by atoms with E-state index in [4.69, 9.17) is 15.9 Å². The summed E-state index contributed by atoms with van der Waals surface area (Å²) < 4.78 is 0. The molecule has 5 N–H and O–H groups in total. The third-order valence-electron chi connectivity index (χ3n) is 5.93. The molecule has 4 saturated carbocycles. The van der Waals surface area contributed by atoms with Crippen LogP contribution in [0.2, 0.25) is 0 Å². The number of aliphatic carboxylic acids is 2. The van der Waals surface area contributed by atoms with Crippen LogP contribution in [0.4, 0.5) is 0 Å². The van der Waals surface area contributed by atoms with Gasteiger partial charge < -0.3 is 15.9 Å². The van der Waals surface area contributed by atoms with Crippen molar-refractivity contribution in [3.05, 3.63) is 0 Å². The number of hydrogen-bond acceptors (Lipinski definition) is 4. The van der Waals surface area contributed by atoms with Crippen LogP contribution in [-0.2, 0) is 9.59 Å². The number of rotatable bonds is 5. The predicted molar refractivity (Wildman–Crippen MR) is 91.6 cm³/mol. The van der Waals surface area contributed by atoms with E-state index in [9.17, 15) is 9.59 Å². The largest absolute Gasteiger partial charge is 0.480 e. The van der Waals surface area contributed by atoms with Gasteiger partial charge in [0.05, 0.1) is 0 Å². The van der Waals surface area contributed by atoms with Gasteiger partial charge in [-0.25, -0.2) is 0 Å². The van der Waals surface area contributed by atoms with E-state index in [0.29, 0.717) is 0 Å². The smallest absolute Gasteiger partial charge is 0.320 e.